The summed E-state index contributed by atoms with van der Waals surface area (Å²) < 4.78 is 5.50. The van der Waals surface area contributed by atoms with Gasteiger partial charge in [0, 0.05) is 22.6 Å². The maximum absolute atomic E-state index is 5.50. The van der Waals surface area contributed by atoms with Gasteiger partial charge >= 0.3 is 0 Å². The molecule has 2 heteroatoms. The molecule has 0 saturated carbocycles. The molecule has 3 aromatic carbocycles. The van der Waals surface area contributed by atoms with Crippen molar-refractivity contribution in [3.05, 3.63) is 134 Å². The van der Waals surface area contributed by atoms with E-state index >= 15 is 0 Å². The standard InChI is InChI=1S/C28H23NO/c1-3-10-25(4-2)29(26-12-6-5-7-13-26)27-14-8-11-24(21-27)22-16-18-23(19-17-22)28-15-9-20-30-28/h3-21H,1-2H2/b25-10+. The number of allylic oxidation sites excluding steroid dienone is 3. The summed E-state index contributed by atoms with van der Waals surface area (Å²) in [5.74, 6) is 0.871. The van der Waals surface area contributed by atoms with E-state index in [4.69, 9.17) is 4.42 Å². The molecule has 0 saturated heterocycles. The molecule has 0 bridgehead atoms. The number of hydrogen-bond donors (Lipinski definition) is 0. The van der Waals surface area contributed by atoms with Crippen LogP contribution in [0.15, 0.2) is 139 Å². The van der Waals surface area contributed by atoms with Gasteiger partial charge in [-0.3, -0.25) is 0 Å². The van der Waals surface area contributed by atoms with Crippen LogP contribution in [-0.2, 0) is 0 Å². The molecule has 0 unspecified atom stereocenters. The van der Waals surface area contributed by atoms with Crippen molar-refractivity contribution in [2.45, 2.75) is 0 Å². The Balaban J connectivity index is 1.74. The lowest BCUT2D eigenvalue weighted by Gasteiger charge is -2.26. The largest absolute Gasteiger partial charge is 0.464 e. The summed E-state index contributed by atoms with van der Waals surface area (Å²) in [6, 6.07) is 31.1. The Morgan fingerprint density at radius 2 is 1.43 bits per heavy atom. The zero-order valence-electron chi connectivity index (χ0n) is 16.7. The van der Waals surface area contributed by atoms with Crippen molar-refractivity contribution in [1.82, 2.24) is 0 Å². The molecule has 0 atom stereocenters. The first kappa shape index (κ1) is 19.3. The number of benzene rings is 3. The lowest BCUT2D eigenvalue weighted by molar-refractivity contribution is 0.582. The molecule has 4 rings (SSSR count). The molecular weight excluding hydrogens is 366 g/mol. The smallest absolute Gasteiger partial charge is 0.133 e. The maximum atomic E-state index is 5.50. The number of rotatable bonds is 7. The number of anilines is 2. The molecule has 0 aliphatic rings. The minimum atomic E-state index is 0.871. The minimum absolute atomic E-state index is 0.871. The van der Waals surface area contributed by atoms with Gasteiger partial charge in [-0.2, -0.15) is 0 Å². The van der Waals surface area contributed by atoms with Crippen LogP contribution in [0, 0.1) is 0 Å². The first-order valence-corrected chi connectivity index (χ1v) is 9.85. The van der Waals surface area contributed by atoms with Crippen LogP contribution in [0.3, 0.4) is 0 Å². The average Bonchev–Trinajstić information content (AvgIpc) is 3.35. The SMILES string of the molecule is C=C/C=C(\C=C)N(c1ccccc1)c1cccc(-c2ccc(-c3ccco3)cc2)c1. The molecule has 146 valence electrons. The van der Waals surface area contributed by atoms with Crippen molar-refractivity contribution >= 4 is 11.4 Å². The van der Waals surface area contributed by atoms with Crippen LogP contribution < -0.4 is 4.90 Å². The van der Waals surface area contributed by atoms with Crippen LogP contribution in [0.25, 0.3) is 22.5 Å². The zero-order chi connectivity index (χ0) is 20.8. The van der Waals surface area contributed by atoms with Gasteiger partial charge in [-0.05, 0) is 59.7 Å². The van der Waals surface area contributed by atoms with Crippen LogP contribution in [0.1, 0.15) is 0 Å². The number of para-hydroxylation sites is 1. The van der Waals surface area contributed by atoms with Gasteiger partial charge < -0.3 is 9.32 Å². The Morgan fingerprint density at radius 3 is 2.10 bits per heavy atom. The quantitative estimate of drug-likeness (QED) is 0.298. The molecule has 0 fully saturated rings. The van der Waals surface area contributed by atoms with Crippen LogP contribution in [0.5, 0.6) is 0 Å². The number of furan rings is 1. The molecule has 0 N–H and O–H groups in total. The molecule has 30 heavy (non-hydrogen) atoms. The third kappa shape index (κ3) is 4.03. The molecule has 4 aromatic rings. The van der Waals surface area contributed by atoms with Gasteiger partial charge in [0.1, 0.15) is 5.76 Å². The summed E-state index contributed by atoms with van der Waals surface area (Å²) in [5.41, 5.74) is 6.43. The second kappa shape index (κ2) is 8.97. The fourth-order valence-corrected chi connectivity index (χ4v) is 3.47. The fourth-order valence-electron chi connectivity index (χ4n) is 3.47. The van der Waals surface area contributed by atoms with Crippen molar-refractivity contribution in [1.29, 1.82) is 0 Å². The predicted molar refractivity (Wildman–Crippen MR) is 127 cm³/mol. The summed E-state index contributed by atoms with van der Waals surface area (Å²) in [5, 5.41) is 0. The summed E-state index contributed by atoms with van der Waals surface area (Å²) >= 11 is 0. The van der Waals surface area contributed by atoms with Crippen LogP contribution in [-0.4, -0.2) is 0 Å². The van der Waals surface area contributed by atoms with E-state index in [-0.39, 0.29) is 0 Å². The van der Waals surface area contributed by atoms with E-state index in [2.05, 4.69) is 78.7 Å². The van der Waals surface area contributed by atoms with Gasteiger partial charge in [-0.25, -0.2) is 0 Å². The lowest BCUT2D eigenvalue weighted by Crippen LogP contribution is -2.14. The second-order valence-corrected chi connectivity index (χ2v) is 6.81. The van der Waals surface area contributed by atoms with E-state index in [1.807, 2.05) is 42.5 Å². The molecular formula is C28H23NO. The summed E-state index contributed by atoms with van der Waals surface area (Å²) in [7, 11) is 0. The number of nitrogens with zero attached hydrogens (tertiary/aromatic N) is 1. The van der Waals surface area contributed by atoms with E-state index in [1.165, 1.54) is 0 Å². The van der Waals surface area contributed by atoms with E-state index in [0.29, 0.717) is 0 Å². The summed E-state index contributed by atoms with van der Waals surface area (Å²) in [6.07, 6.45) is 7.29. The summed E-state index contributed by atoms with van der Waals surface area (Å²) in [4.78, 5) is 2.18. The van der Waals surface area contributed by atoms with E-state index < -0.39 is 0 Å². The van der Waals surface area contributed by atoms with E-state index in [1.54, 1.807) is 12.3 Å². The molecule has 0 aliphatic carbocycles. The van der Waals surface area contributed by atoms with E-state index in [9.17, 15) is 0 Å². The van der Waals surface area contributed by atoms with Gasteiger partial charge in [0.25, 0.3) is 0 Å². The Hall–Kier alpha value is -4.04. The third-order valence-corrected chi connectivity index (χ3v) is 4.90. The first-order chi connectivity index (χ1) is 14.8. The van der Waals surface area contributed by atoms with Gasteiger partial charge in [-0.1, -0.05) is 73.8 Å². The van der Waals surface area contributed by atoms with Crippen molar-refractivity contribution in [3.8, 4) is 22.5 Å². The fraction of sp³-hybridized carbons (Fsp3) is 0. The minimum Gasteiger partial charge on any atom is -0.464 e. The number of hydrogen-bond acceptors (Lipinski definition) is 2. The van der Waals surface area contributed by atoms with Gasteiger partial charge in [0.05, 0.1) is 6.26 Å². The monoisotopic (exact) mass is 389 g/mol. The predicted octanol–water partition coefficient (Wildman–Crippen LogP) is 8.01. The van der Waals surface area contributed by atoms with Gasteiger partial charge in [0.15, 0.2) is 0 Å². The average molecular weight is 389 g/mol. The highest BCUT2D eigenvalue weighted by atomic mass is 16.3. The zero-order valence-corrected chi connectivity index (χ0v) is 16.7. The van der Waals surface area contributed by atoms with Crippen LogP contribution in [0.4, 0.5) is 11.4 Å². The van der Waals surface area contributed by atoms with Crippen molar-refractivity contribution in [2.24, 2.45) is 0 Å². The normalized spacial score (nSPS) is 11.1. The maximum Gasteiger partial charge on any atom is 0.133 e. The summed E-state index contributed by atoms with van der Waals surface area (Å²) in [6.45, 7) is 7.85. The first-order valence-electron chi connectivity index (χ1n) is 9.85. The highest BCUT2D eigenvalue weighted by Gasteiger charge is 2.13. The topological polar surface area (TPSA) is 16.4 Å². The third-order valence-electron chi connectivity index (χ3n) is 4.90. The van der Waals surface area contributed by atoms with Crippen molar-refractivity contribution in [3.63, 3.8) is 0 Å². The van der Waals surface area contributed by atoms with Gasteiger partial charge in [0.2, 0.25) is 0 Å². The molecule has 1 aromatic heterocycles. The highest BCUT2D eigenvalue weighted by Crippen LogP contribution is 2.33. The molecule has 0 radical (unpaired) electrons. The molecule has 0 aliphatic heterocycles. The second-order valence-electron chi connectivity index (χ2n) is 6.81. The van der Waals surface area contributed by atoms with Crippen LogP contribution in [0.2, 0.25) is 0 Å². The molecule has 1 heterocycles. The van der Waals surface area contributed by atoms with E-state index in [0.717, 1.165) is 39.5 Å². The van der Waals surface area contributed by atoms with Gasteiger partial charge in [-0.15, -0.1) is 0 Å². The highest BCUT2D eigenvalue weighted by molar-refractivity contribution is 5.76. The lowest BCUT2D eigenvalue weighted by atomic mass is 10.0. The molecule has 2 nitrogen and oxygen atoms in total. The molecule has 0 amide bonds. The Bertz CT molecular complexity index is 1150. The molecule has 0 spiro atoms. The van der Waals surface area contributed by atoms with Crippen molar-refractivity contribution < 1.29 is 4.42 Å². The van der Waals surface area contributed by atoms with Crippen LogP contribution >= 0.6 is 0 Å². The Morgan fingerprint density at radius 1 is 0.700 bits per heavy atom. The Labute approximate surface area is 177 Å². The van der Waals surface area contributed by atoms with Crippen molar-refractivity contribution in [2.75, 3.05) is 4.90 Å². The Kier molecular flexibility index (Phi) is 5.77.